The second-order valence-corrected chi connectivity index (χ2v) is 17.8. The number of ether oxygens (including phenoxy) is 3. The number of carbonyl (C=O) groups excluding carboxylic acids is 4. The molecular weight excluding hydrogens is 1100 g/mol. The topological polar surface area (TPSA) is 353 Å². The monoisotopic (exact) mass is 1140 g/mol. The molecule has 0 aliphatic heterocycles. The molecule has 10 rings (SSSR count). The number of nitriles is 2. The maximum absolute atomic E-state index is 12.6. The first kappa shape index (κ1) is 62.9. The van der Waals surface area contributed by atoms with E-state index in [1.54, 1.807) is 79.1 Å². The summed E-state index contributed by atoms with van der Waals surface area (Å²) in [6.07, 6.45) is 4.83. The SMILES string of the molecule is N#Cc1ccnc(NC(=O)c2ccc(Oc3ccnc4[nH]nc(NC5CCC(O)CC5)c34)cc2)c1.N#Cc1ccnc(NC(=O)c2ccc(Oc3ccnc4[nH]nc(NC5CCC(OC(=O)C(F)(F)F)CC5)c34)cc2)c1.O=CO[O-].[H-].[Na+].[Na+]. The summed E-state index contributed by atoms with van der Waals surface area (Å²) >= 11 is 0. The molecule has 0 atom stereocenters. The predicted octanol–water partition coefficient (Wildman–Crippen LogP) is 1.64. The van der Waals surface area contributed by atoms with E-state index in [0.29, 0.717) is 92.2 Å². The van der Waals surface area contributed by atoms with E-state index in [9.17, 15) is 32.7 Å². The summed E-state index contributed by atoms with van der Waals surface area (Å²) in [5.74, 6) is 0.769. The number of benzene rings is 2. The van der Waals surface area contributed by atoms with Crippen LogP contribution >= 0.6 is 0 Å². The number of nitrogens with one attached hydrogen (secondary N) is 6. The van der Waals surface area contributed by atoms with Crippen molar-refractivity contribution in [3.8, 4) is 35.1 Å². The van der Waals surface area contributed by atoms with Crippen LogP contribution in [0.4, 0.5) is 36.4 Å². The Balaban J connectivity index is 0.000000279. The van der Waals surface area contributed by atoms with Crippen LogP contribution in [-0.4, -0.2) is 100 Å². The van der Waals surface area contributed by atoms with Gasteiger partial charge >= 0.3 is 71.3 Å². The van der Waals surface area contributed by atoms with Gasteiger partial charge in [0.2, 0.25) is 0 Å². The van der Waals surface area contributed by atoms with Crippen LogP contribution in [0.5, 0.6) is 23.0 Å². The molecule has 8 aromatic rings. The Morgan fingerprint density at radius 3 is 1.44 bits per heavy atom. The van der Waals surface area contributed by atoms with Gasteiger partial charge in [-0.25, -0.2) is 24.7 Å². The molecule has 82 heavy (non-hydrogen) atoms. The van der Waals surface area contributed by atoms with Crippen molar-refractivity contribution >= 4 is 69.6 Å². The first-order valence-corrected chi connectivity index (χ1v) is 24.5. The Kier molecular flexibility index (Phi) is 23.0. The maximum Gasteiger partial charge on any atom is 1.00 e. The van der Waals surface area contributed by atoms with E-state index >= 15 is 0 Å². The summed E-state index contributed by atoms with van der Waals surface area (Å²) in [6, 6.07) is 26.7. The normalized spacial score (nSPS) is 16.2. The zero-order valence-electron chi connectivity index (χ0n) is 44.8. The molecule has 2 aliphatic carbocycles. The summed E-state index contributed by atoms with van der Waals surface area (Å²) in [6.45, 7) is -0.181. The molecule has 0 unspecified atom stereocenters. The number of aromatic nitrogens is 8. The van der Waals surface area contributed by atoms with Gasteiger partial charge < -0.3 is 52.2 Å². The number of fused-ring (bicyclic) bond motifs is 2. The molecule has 2 aliphatic rings. The van der Waals surface area contributed by atoms with E-state index in [1.165, 1.54) is 30.6 Å². The Morgan fingerprint density at radius 2 is 1.05 bits per heavy atom. The summed E-state index contributed by atoms with van der Waals surface area (Å²) in [5.41, 5.74) is 2.62. The molecule has 412 valence electrons. The Morgan fingerprint density at radius 1 is 0.646 bits per heavy atom. The van der Waals surface area contributed by atoms with Gasteiger partial charge in [0.05, 0.1) is 29.4 Å². The van der Waals surface area contributed by atoms with E-state index in [2.05, 4.69) is 71.2 Å². The number of hydrogen-bond acceptors (Lipinski definition) is 20. The van der Waals surface area contributed by atoms with Crippen molar-refractivity contribution in [3.63, 3.8) is 0 Å². The third-order valence-electron chi connectivity index (χ3n) is 12.4. The average molecular weight is 1140 g/mol. The van der Waals surface area contributed by atoms with Crippen molar-refractivity contribution in [2.75, 3.05) is 21.3 Å². The molecule has 6 aromatic heterocycles. The molecule has 2 aromatic carbocycles. The number of carbonyl (C=O) groups is 4. The van der Waals surface area contributed by atoms with Crippen molar-refractivity contribution in [1.82, 2.24) is 40.3 Å². The summed E-state index contributed by atoms with van der Waals surface area (Å²) in [7, 11) is 0. The molecule has 2 amide bonds. The number of rotatable bonds is 14. The van der Waals surface area contributed by atoms with Crippen LogP contribution in [0.2, 0.25) is 0 Å². The van der Waals surface area contributed by atoms with Crippen molar-refractivity contribution < 1.29 is 122 Å². The van der Waals surface area contributed by atoms with Crippen LogP contribution in [0.1, 0.15) is 84.6 Å². The number of amides is 2. The zero-order chi connectivity index (χ0) is 56.6. The molecule has 29 heteroatoms. The van der Waals surface area contributed by atoms with Crippen LogP contribution in [0.3, 0.4) is 0 Å². The molecule has 2 saturated carbocycles. The van der Waals surface area contributed by atoms with Gasteiger partial charge in [-0.15, -0.1) is 0 Å². The molecule has 2 fully saturated rings. The number of pyridine rings is 4. The summed E-state index contributed by atoms with van der Waals surface area (Å²) in [5, 5.41) is 64.0. The van der Waals surface area contributed by atoms with Crippen LogP contribution in [0, 0.1) is 22.7 Å². The molecule has 0 bridgehead atoms. The van der Waals surface area contributed by atoms with Crippen molar-refractivity contribution in [2.45, 2.75) is 81.8 Å². The van der Waals surface area contributed by atoms with Crippen LogP contribution in [0.25, 0.3) is 22.1 Å². The molecule has 0 saturated heterocycles. The number of esters is 1. The number of alkyl halides is 3. The van der Waals surface area contributed by atoms with E-state index in [1.807, 2.05) is 12.1 Å². The number of hydrogen-bond donors (Lipinski definition) is 7. The number of anilines is 4. The molecule has 24 nitrogen and oxygen atoms in total. The van der Waals surface area contributed by atoms with Crippen molar-refractivity contribution in [1.29, 1.82) is 10.5 Å². The van der Waals surface area contributed by atoms with Gasteiger partial charge in [0.15, 0.2) is 22.9 Å². The second-order valence-electron chi connectivity index (χ2n) is 17.8. The van der Waals surface area contributed by atoms with E-state index in [0.717, 1.165) is 31.1 Å². The van der Waals surface area contributed by atoms with Gasteiger partial charge in [-0.1, -0.05) is 0 Å². The zero-order valence-corrected chi connectivity index (χ0v) is 47.8. The predicted molar refractivity (Wildman–Crippen MR) is 277 cm³/mol. The Bertz CT molecular complexity index is 3560. The fraction of sp³-hybridized carbons (Fsp3) is 0.245. The Labute approximate surface area is 509 Å². The standard InChI is InChI=1S/C27H22F3N7O4.C25H23N7O3.CH2O3.2Na.H/c28-27(29,30)26(39)41-19-7-3-17(4-8-19)34-24-22-20(10-12-33-23(22)36-37-24)40-18-5-1-16(2-6-18)25(38)35-21-13-15(14-31)9-11-32-21;26-14-15-9-11-27-21(13-15)30-25(34)16-1-7-19(8-2-16)35-20-10-12-28-23-22(20)24(32-31-23)29-17-3-5-18(33)6-4-17;2-1-4-3;;;/h1-2,5-6,9-13,17,19H,3-4,7-8H2,(H,32,35,38)(H2,33,34,36,37);1-2,7-13,17-18,33H,3-6H2,(H,27,30,34)(H2,28,29,31,32);1,3H;;;/q;;;2*+1;-1/p-1. The quantitative estimate of drug-likeness (QED) is 0.0267. The first-order chi connectivity index (χ1) is 38.7. The minimum atomic E-state index is -5.01. The fourth-order valence-electron chi connectivity index (χ4n) is 8.49. The number of halogens is 3. The maximum atomic E-state index is 12.6. The third kappa shape index (κ3) is 17.1. The molecule has 0 spiro atoms. The van der Waals surface area contributed by atoms with Gasteiger partial charge in [0.1, 0.15) is 51.5 Å². The summed E-state index contributed by atoms with van der Waals surface area (Å²) in [4.78, 5) is 64.2. The molecule has 0 radical (unpaired) electrons. The van der Waals surface area contributed by atoms with Gasteiger partial charge in [-0.2, -0.15) is 33.9 Å². The van der Waals surface area contributed by atoms with E-state index < -0.39 is 24.2 Å². The summed E-state index contributed by atoms with van der Waals surface area (Å²) < 4.78 is 54.2. The third-order valence-corrected chi connectivity index (χ3v) is 12.4. The number of nitrogens with zero attached hydrogens (tertiary/aromatic N) is 8. The van der Waals surface area contributed by atoms with Crippen molar-refractivity contribution in [3.05, 3.63) is 132 Å². The number of aliphatic hydroxyl groups is 1. The minimum Gasteiger partial charge on any atom is -1.00 e. The van der Waals surface area contributed by atoms with Crippen LogP contribution in [-0.2, 0) is 19.2 Å². The smallest absolute Gasteiger partial charge is 1.00 e. The number of H-pyrrole nitrogens is 2. The van der Waals surface area contributed by atoms with E-state index in [-0.39, 0.29) is 110 Å². The van der Waals surface area contributed by atoms with Crippen LogP contribution < -0.4 is 95.1 Å². The van der Waals surface area contributed by atoms with E-state index in [4.69, 9.17) is 30.0 Å². The van der Waals surface area contributed by atoms with Gasteiger partial charge in [0, 0.05) is 60.1 Å². The van der Waals surface area contributed by atoms with Crippen molar-refractivity contribution in [2.24, 2.45) is 0 Å². The van der Waals surface area contributed by atoms with Gasteiger partial charge in [0.25, 0.3) is 18.3 Å². The minimum absolute atomic E-state index is 0. The molecule has 6 heterocycles. The van der Waals surface area contributed by atoms with Gasteiger partial charge in [-0.3, -0.25) is 24.6 Å². The number of aliphatic hydroxyl groups excluding tert-OH is 1. The second kappa shape index (κ2) is 30.0. The number of aromatic amines is 2. The first-order valence-electron chi connectivity index (χ1n) is 24.5. The Hall–Kier alpha value is -8.25. The average Bonchev–Trinajstić information content (AvgIpc) is 4.34. The molecular formula is C53H47F3N14Na2O10. The van der Waals surface area contributed by atoms with Gasteiger partial charge in [-0.05, 0) is 124 Å². The largest absolute Gasteiger partial charge is 1.00 e. The van der Waals surface area contributed by atoms with Crippen LogP contribution in [0.15, 0.2) is 110 Å². The fourth-order valence-corrected chi connectivity index (χ4v) is 8.49. The molecule has 7 N–H and O–H groups in total.